The number of rotatable bonds is 6. The molecule has 0 aromatic heterocycles. The predicted molar refractivity (Wildman–Crippen MR) is 119 cm³/mol. The number of amides is 1. The summed E-state index contributed by atoms with van der Waals surface area (Å²) in [5, 5.41) is 3.47. The minimum atomic E-state index is -0.00346. The number of hydrogen-bond acceptors (Lipinski definition) is 4. The summed E-state index contributed by atoms with van der Waals surface area (Å²) in [7, 11) is 0. The third-order valence-electron chi connectivity index (χ3n) is 6.83. The second-order valence-electron chi connectivity index (χ2n) is 8.99. The SMILES string of the molecule is CCNC(=NCCN1CCC(C)CC1)N1CCN(C(C)C(=O)N2CCCC2)CC1. The van der Waals surface area contributed by atoms with Gasteiger partial charge >= 0.3 is 0 Å². The van der Waals surface area contributed by atoms with Gasteiger partial charge in [0.1, 0.15) is 0 Å². The van der Waals surface area contributed by atoms with Crippen molar-refractivity contribution in [2.75, 3.05) is 72.0 Å². The Hall–Kier alpha value is -1.34. The van der Waals surface area contributed by atoms with Crippen LogP contribution in [0.5, 0.6) is 0 Å². The molecular weight excluding hydrogens is 364 g/mol. The summed E-state index contributed by atoms with van der Waals surface area (Å²) >= 11 is 0. The smallest absolute Gasteiger partial charge is 0.239 e. The summed E-state index contributed by atoms with van der Waals surface area (Å²) in [6, 6.07) is -0.00346. The van der Waals surface area contributed by atoms with Crippen LogP contribution in [0.15, 0.2) is 4.99 Å². The number of nitrogens with zero attached hydrogens (tertiary/aromatic N) is 5. The Bertz CT molecular complexity index is 531. The van der Waals surface area contributed by atoms with Crippen molar-refractivity contribution >= 4 is 11.9 Å². The fraction of sp³-hybridized carbons (Fsp3) is 0.909. The average Bonchev–Trinajstić information content (AvgIpc) is 3.28. The number of carbonyl (C=O) groups excluding carboxylic acids is 1. The van der Waals surface area contributed by atoms with E-state index < -0.39 is 0 Å². The molecule has 3 fully saturated rings. The van der Waals surface area contributed by atoms with Crippen LogP contribution >= 0.6 is 0 Å². The molecule has 3 aliphatic rings. The molecule has 0 radical (unpaired) electrons. The second-order valence-corrected chi connectivity index (χ2v) is 8.99. The van der Waals surface area contributed by atoms with Crippen LogP contribution in [-0.4, -0.2) is 110 Å². The highest BCUT2D eigenvalue weighted by Crippen LogP contribution is 2.16. The summed E-state index contributed by atoms with van der Waals surface area (Å²) in [5.74, 6) is 2.23. The molecule has 3 rings (SSSR count). The first-order valence-electron chi connectivity index (χ1n) is 11.9. The van der Waals surface area contributed by atoms with Crippen LogP contribution in [0.3, 0.4) is 0 Å². The normalized spacial score (nSPS) is 24.2. The van der Waals surface area contributed by atoms with E-state index in [1.807, 2.05) is 4.90 Å². The van der Waals surface area contributed by atoms with Gasteiger partial charge in [0.2, 0.25) is 5.91 Å². The standard InChI is InChI=1S/C22H42N6O/c1-4-23-22(24-9-14-25-12-7-19(2)8-13-25)28-17-15-26(16-18-28)20(3)21(29)27-10-5-6-11-27/h19-20H,4-18H2,1-3H3,(H,23,24). The van der Waals surface area contributed by atoms with Gasteiger partial charge in [0, 0.05) is 52.4 Å². The van der Waals surface area contributed by atoms with Gasteiger partial charge in [0.25, 0.3) is 0 Å². The number of hydrogen-bond donors (Lipinski definition) is 1. The summed E-state index contributed by atoms with van der Waals surface area (Å²) in [5.41, 5.74) is 0. The number of likely N-dealkylation sites (tertiary alicyclic amines) is 2. The summed E-state index contributed by atoms with van der Waals surface area (Å²) < 4.78 is 0. The number of carbonyl (C=O) groups is 1. The number of piperazine rings is 1. The maximum atomic E-state index is 12.7. The highest BCUT2D eigenvalue weighted by Gasteiger charge is 2.30. The Morgan fingerprint density at radius 1 is 1.00 bits per heavy atom. The fourth-order valence-corrected chi connectivity index (χ4v) is 4.69. The van der Waals surface area contributed by atoms with Crippen LogP contribution < -0.4 is 5.32 Å². The number of guanidine groups is 1. The Balaban J connectivity index is 1.45. The van der Waals surface area contributed by atoms with Crippen molar-refractivity contribution in [1.29, 1.82) is 0 Å². The molecule has 0 saturated carbocycles. The first-order valence-corrected chi connectivity index (χ1v) is 11.9. The molecule has 0 aromatic rings. The Labute approximate surface area is 177 Å². The maximum Gasteiger partial charge on any atom is 0.239 e. The van der Waals surface area contributed by atoms with E-state index in [-0.39, 0.29) is 6.04 Å². The monoisotopic (exact) mass is 406 g/mol. The molecule has 3 aliphatic heterocycles. The predicted octanol–water partition coefficient (Wildman–Crippen LogP) is 1.31. The van der Waals surface area contributed by atoms with Gasteiger partial charge in [-0.15, -0.1) is 0 Å². The zero-order valence-electron chi connectivity index (χ0n) is 18.9. The van der Waals surface area contributed by atoms with Gasteiger partial charge < -0.3 is 20.0 Å². The quantitative estimate of drug-likeness (QED) is 0.533. The van der Waals surface area contributed by atoms with E-state index in [9.17, 15) is 4.79 Å². The van der Waals surface area contributed by atoms with E-state index >= 15 is 0 Å². The highest BCUT2D eigenvalue weighted by atomic mass is 16.2. The number of nitrogens with one attached hydrogen (secondary N) is 1. The van der Waals surface area contributed by atoms with Crippen LogP contribution in [0.1, 0.15) is 46.5 Å². The van der Waals surface area contributed by atoms with E-state index in [4.69, 9.17) is 4.99 Å². The molecule has 0 spiro atoms. The summed E-state index contributed by atoms with van der Waals surface area (Å²) in [4.78, 5) is 26.9. The average molecular weight is 407 g/mol. The van der Waals surface area contributed by atoms with Crippen molar-refractivity contribution in [2.24, 2.45) is 10.9 Å². The molecule has 1 atom stereocenters. The highest BCUT2D eigenvalue weighted by molar-refractivity contribution is 5.82. The van der Waals surface area contributed by atoms with Gasteiger partial charge in [-0.1, -0.05) is 6.92 Å². The number of aliphatic imine (C=N–C) groups is 1. The lowest BCUT2D eigenvalue weighted by molar-refractivity contribution is -0.135. The molecule has 0 aliphatic carbocycles. The van der Waals surface area contributed by atoms with Crippen molar-refractivity contribution in [3.63, 3.8) is 0 Å². The van der Waals surface area contributed by atoms with Crippen LogP contribution in [0, 0.1) is 5.92 Å². The molecular formula is C22H42N6O. The minimum absolute atomic E-state index is 0.00346. The molecule has 0 aromatic carbocycles. The molecule has 0 bridgehead atoms. The van der Waals surface area contributed by atoms with E-state index in [1.54, 1.807) is 0 Å². The van der Waals surface area contributed by atoms with E-state index in [0.29, 0.717) is 5.91 Å². The molecule has 1 unspecified atom stereocenters. The van der Waals surface area contributed by atoms with E-state index in [0.717, 1.165) is 83.6 Å². The van der Waals surface area contributed by atoms with Crippen molar-refractivity contribution in [3.05, 3.63) is 0 Å². The molecule has 29 heavy (non-hydrogen) atoms. The van der Waals surface area contributed by atoms with Gasteiger partial charge in [-0.25, -0.2) is 0 Å². The Morgan fingerprint density at radius 3 is 2.28 bits per heavy atom. The molecule has 1 N–H and O–H groups in total. The van der Waals surface area contributed by atoms with Crippen molar-refractivity contribution in [1.82, 2.24) is 24.9 Å². The van der Waals surface area contributed by atoms with Crippen molar-refractivity contribution in [3.8, 4) is 0 Å². The number of piperidine rings is 1. The Kier molecular flexibility index (Phi) is 8.60. The maximum absolute atomic E-state index is 12.7. The van der Waals surface area contributed by atoms with Crippen molar-refractivity contribution < 1.29 is 4.79 Å². The largest absolute Gasteiger partial charge is 0.357 e. The van der Waals surface area contributed by atoms with Gasteiger partial charge in [0.15, 0.2) is 5.96 Å². The van der Waals surface area contributed by atoms with Gasteiger partial charge in [0.05, 0.1) is 12.6 Å². The lowest BCUT2D eigenvalue weighted by atomic mass is 9.99. The zero-order valence-corrected chi connectivity index (χ0v) is 18.9. The van der Waals surface area contributed by atoms with Crippen molar-refractivity contribution in [2.45, 2.75) is 52.5 Å². The van der Waals surface area contributed by atoms with Crippen LogP contribution in [-0.2, 0) is 4.79 Å². The second kappa shape index (κ2) is 11.2. The lowest BCUT2D eigenvalue weighted by Gasteiger charge is -2.39. The zero-order chi connectivity index (χ0) is 20.6. The van der Waals surface area contributed by atoms with Crippen LogP contribution in [0.25, 0.3) is 0 Å². The van der Waals surface area contributed by atoms with Crippen LogP contribution in [0.2, 0.25) is 0 Å². The summed E-state index contributed by atoms with van der Waals surface area (Å²) in [6.45, 7) is 17.4. The molecule has 166 valence electrons. The molecule has 3 saturated heterocycles. The van der Waals surface area contributed by atoms with Crippen LogP contribution in [0.4, 0.5) is 0 Å². The van der Waals surface area contributed by atoms with Gasteiger partial charge in [-0.3, -0.25) is 14.7 Å². The fourth-order valence-electron chi connectivity index (χ4n) is 4.69. The third kappa shape index (κ3) is 6.32. The first kappa shape index (κ1) is 22.3. The van der Waals surface area contributed by atoms with Gasteiger partial charge in [-0.2, -0.15) is 0 Å². The third-order valence-corrected chi connectivity index (χ3v) is 6.83. The van der Waals surface area contributed by atoms with E-state index in [1.165, 1.54) is 25.9 Å². The molecule has 3 heterocycles. The van der Waals surface area contributed by atoms with Gasteiger partial charge in [-0.05, 0) is 58.5 Å². The Morgan fingerprint density at radius 2 is 1.66 bits per heavy atom. The lowest BCUT2D eigenvalue weighted by Crippen LogP contribution is -2.57. The first-order chi connectivity index (χ1) is 14.1. The molecule has 7 nitrogen and oxygen atoms in total. The molecule has 7 heteroatoms. The molecule has 1 amide bonds. The minimum Gasteiger partial charge on any atom is -0.357 e. The summed E-state index contributed by atoms with van der Waals surface area (Å²) in [6.07, 6.45) is 4.95. The van der Waals surface area contributed by atoms with E-state index in [2.05, 4.69) is 40.8 Å². The topological polar surface area (TPSA) is 54.4 Å².